The molecule has 76 valence electrons. The molecule has 2 N–H and O–H groups in total. The second-order valence-corrected chi connectivity index (χ2v) is 4.44. The fourth-order valence-corrected chi connectivity index (χ4v) is 2.71. The largest absolute Gasteiger partial charge is 0.481 e. The Labute approximate surface area is 81.2 Å². The van der Waals surface area contributed by atoms with Gasteiger partial charge in [-0.3, -0.25) is 9.59 Å². The molecule has 0 aliphatic heterocycles. The number of allylic oxidation sites excluding steroid dienone is 2. The van der Waals surface area contributed by atoms with Crippen LogP contribution in [0, 0.1) is 10.8 Å². The van der Waals surface area contributed by atoms with Gasteiger partial charge in [0, 0.05) is 0 Å². The van der Waals surface area contributed by atoms with Crippen molar-refractivity contribution in [3.8, 4) is 0 Å². The van der Waals surface area contributed by atoms with Crippen LogP contribution in [-0.4, -0.2) is 22.2 Å². The fraction of sp³-hybridized carbons (Fsp3) is 0.600. The average Bonchev–Trinajstić information content (AvgIpc) is 2.60. The lowest BCUT2D eigenvalue weighted by Crippen LogP contribution is -2.46. The van der Waals surface area contributed by atoms with E-state index in [1.165, 1.54) is 0 Å². The highest BCUT2D eigenvalue weighted by Crippen LogP contribution is 2.61. The van der Waals surface area contributed by atoms with Gasteiger partial charge in [-0.1, -0.05) is 11.6 Å². The number of fused-ring (bicyclic) bond motifs is 2. The van der Waals surface area contributed by atoms with Gasteiger partial charge in [-0.2, -0.15) is 0 Å². The van der Waals surface area contributed by atoms with Crippen LogP contribution >= 0.6 is 0 Å². The molecule has 0 amide bonds. The number of carboxylic acid groups (broad SMARTS) is 2. The van der Waals surface area contributed by atoms with E-state index in [1.807, 2.05) is 6.08 Å². The summed E-state index contributed by atoms with van der Waals surface area (Å²) >= 11 is 0. The molecule has 0 heterocycles. The summed E-state index contributed by atoms with van der Waals surface area (Å²) in [5.41, 5.74) is -1.23. The Morgan fingerprint density at radius 1 is 1.29 bits per heavy atom. The van der Waals surface area contributed by atoms with Gasteiger partial charge in [0.05, 0.1) is 10.8 Å². The molecule has 2 bridgehead atoms. The second-order valence-electron chi connectivity index (χ2n) is 4.44. The molecule has 1 fully saturated rings. The number of hydrogen-bond donors (Lipinski definition) is 2. The third-order valence-electron chi connectivity index (χ3n) is 3.79. The van der Waals surface area contributed by atoms with Crippen molar-refractivity contribution in [2.45, 2.75) is 26.2 Å². The lowest BCUT2D eigenvalue weighted by atomic mass is 9.64. The summed E-state index contributed by atoms with van der Waals surface area (Å²) in [6.45, 7) is 1.55. The molecule has 0 spiro atoms. The Morgan fingerprint density at radius 3 is 2.29 bits per heavy atom. The first-order valence-corrected chi connectivity index (χ1v) is 4.57. The Morgan fingerprint density at radius 2 is 1.93 bits per heavy atom. The summed E-state index contributed by atoms with van der Waals surface area (Å²) in [5.74, 6) is -1.98. The third-order valence-corrected chi connectivity index (χ3v) is 3.79. The lowest BCUT2D eigenvalue weighted by molar-refractivity contribution is -0.169. The van der Waals surface area contributed by atoms with Crippen LogP contribution in [0.25, 0.3) is 0 Å². The van der Waals surface area contributed by atoms with Crippen LogP contribution in [0.1, 0.15) is 26.2 Å². The number of carbonyl (C=O) groups is 2. The molecular weight excluding hydrogens is 184 g/mol. The molecule has 2 unspecified atom stereocenters. The van der Waals surface area contributed by atoms with Crippen molar-refractivity contribution in [1.29, 1.82) is 0 Å². The minimum atomic E-state index is -1.12. The normalized spacial score (nSPS) is 39.6. The summed E-state index contributed by atoms with van der Waals surface area (Å²) < 4.78 is 0. The molecule has 0 aromatic rings. The molecule has 4 nitrogen and oxygen atoms in total. The van der Waals surface area contributed by atoms with E-state index in [1.54, 1.807) is 6.92 Å². The van der Waals surface area contributed by atoms with Gasteiger partial charge < -0.3 is 10.2 Å². The predicted molar refractivity (Wildman–Crippen MR) is 47.7 cm³/mol. The zero-order valence-corrected chi connectivity index (χ0v) is 7.91. The van der Waals surface area contributed by atoms with Crippen LogP contribution in [0.2, 0.25) is 0 Å². The molecule has 2 atom stereocenters. The second kappa shape index (κ2) is 2.38. The zero-order chi connectivity index (χ0) is 10.6. The van der Waals surface area contributed by atoms with Crippen molar-refractivity contribution in [2.24, 2.45) is 10.8 Å². The van der Waals surface area contributed by atoms with Crippen LogP contribution in [0.4, 0.5) is 0 Å². The molecule has 0 radical (unpaired) electrons. The van der Waals surface area contributed by atoms with Crippen molar-refractivity contribution >= 4 is 11.9 Å². The highest BCUT2D eigenvalue weighted by Gasteiger charge is 2.64. The summed E-state index contributed by atoms with van der Waals surface area (Å²) in [6.07, 6.45) is 3.03. The van der Waals surface area contributed by atoms with Gasteiger partial charge in [-0.05, 0) is 26.2 Å². The molecular formula is C10H12O4. The Hall–Kier alpha value is -1.32. The van der Waals surface area contributed by atoms with Gasteiger partial charge >= 0.3 is 11.9 Å². The van der Waals surface area contributed by atoms with Crippen molar-refractivity contribution in [3.63, 3.8) is 0 Å². The average molecular weight is 196 g/mol. The SMILES string of the molecule is CC1(C(=O)O)CC2=CCC1(C(=O)O)C2. The van der Waals surface area contributed by atoms with E-state index >= 15 is 0 Å². The van der Waals surface area contributed by atoms with Crippen LogP contribution < -0.4 is 0 Å². The Kier molecular flexibility index (Phi) is 1.57. The summed E-state index contributed by atoms with van der Waals surface area (Å²) in [4.78, 5) is 22.3. The van der Waals surface area contributed by atoms with E-state index < -0.39 is 22.8 Å². The van der Waals surface area contributed by atoms with Gasteiger partial charge in [0.2, 0.25) is 0 Å². The number of rotatable bonds is 2. The predicted octanol–water partition coefficient (Wildman–Crippen LogP) is 1.27. The van der Waals surface area contributed by atoms with Crippen LogP contribution in [-0.2, 0) is 9.59 Å². The molecule has 2 aliphatic carbocycles. The van der Waals surface area contributed by atoms with E-state index in [2.05, 4.69) is 0 Å². The highest BCUT2D eigenvalue weighted by atomic mass is 16.4. The smallest absolute Gasteiger partial charge is 0.311 e. The topological polar surface area (TPSA) is 74.6 Å². The van der Waals surface area contributed by atoms with Gasteiger partial charge in [-0.15, -0.1) is 0 Å². The first-order valence-electron chi connectivity index (χ1n) is 4.57. The van der Waals surface area contributed by atoms with Gasteiger partial charge in [0.25, 0.3) is 0 Å². The molecule has 0 saturated heterocycles. The standard InChI is InChI=1S/C10H12O4/c1-9(7(11)12)4-6-2-3-10(9,5-6)8(13)14/h2H,3-5H2,1H3,(H,11,12)(H,13,14). The van der Waals surface area contributed by atoms with Gasteiger partial charge in [-0.25, -0.2) is 0 Å². The van der Waals surface area contributed by atoms with Crippen molar-refractivity contribution < 1.29 is 19.8 Å². The lowest BCUT2D eigenvalue weighted by Gasteiger charge is -2.36. The quantitative estimate of drug-likeness (QED) is 0.652. The minimum absolute atomic E-state index is 0.362. The van der Waals surface area contributed by atoms with Crippen molar-refractivity contribution in [2.75, 3.05) is 0 Å². The maximum atomic E-state index is 11.2. The van der Waals surface area contributed by atoms with Crippen molar-refractivity contribution in [1.82, 2.24) is 0 Å². The Bertz CT molecular complexity index is 357. The van der Waals surface area contributed by atoms with Gasteiger partial charge in [0.1, 0.15) is 0 Å². The van der Waals surface area contributed by atoms with Crippen LogP contribution in [0.15, 0.2) is 11.6 Å². The number of carboxylic acids is 2. The fourth-order valence-electron chi connectivity index (χ4n) is 2.71. The Balaban J connectivity index is 2.51. The molecule has 14 heavy (non-hydrogen) atoms. The highest BCUT2D eigenvalue weighted by molar-refractivity contribution is 5.89. The van der Waals surface area contributed by atoms with E-state index in [9.17, 15) is 14.7 Å². The minimum Gasteiger partial charge on any atom is -0.481 e. The van der Waals surface area contributed by atoms with Crippen molar-refractivity contribution in [3.05, 3.63) is 11.6 Å². The number of hydrogen-bond acceptors (Lipinski definition) is 2. The summed E-state index contributed by atoms with van der Waals surface area (Å²) in [6, 6.07) is 0. The molecule has 4 heteroatoms. The summed E-state index contributed by atoms with van der Waals surface area (Å²) in [7, 11) is 0. The molecule has 0 aromatic heterocycles. The van der Waals surface area contributed by atoms with E-state index in [0.717, 1.165) is 5.57 Å². The molecule has 0 aromatic carbocycles. The van der Waals surface area contributed by atoms with Crippen LogP contribution in [0.5, 0.6) is 0 Å². The molecule has 1 saturated carbocycles. The maximum absolute atomic E-state index is 11.2. The molecule has 2 rings (SSSR count). The van der Waals surface area contributed by atoms with E-state index in [4.69, 9.17) is 5.11 Å². The third kappa shape index (κ3) is 0.786. The zero-order valence-electron chi connectivity index (χ0n) is 7.91. The monoisotopic (exact) mass is 196 g/mol. The van der Waals surface area contributed by atoms with E-state index in [-0.39, 0.29) is 0 Å². The van der Waals surface area contributed by atoms with Gasteiger partial charge in [0.15, 0.2) is 0 Å². The van der Waals surface area contributed by atoms with E-state index in [0.29, 0.717) is 19.3 Å². The maximum Gasteiger partial charge on any atom is 0.311 e. The first-order chi connectivity index (χ1) is 6.42. The number of aliphatic carboxylic acids is 2. The first kappa shape index (κ1) is 9.24. The molecule has 2 aliphatic rings. The van der Waals surface area contributed by atoms with Crippen LogP contribution in [0.3, 0.4) is 0 Å². The summed E-state index contributed by atoms with van der Waals surface area (Å²) in [5, 5.41) is 18.3.